The minimum Gasteiger partial charge on any atom is -0.497 e. The van der Waals surface area contributed by atoms with E-state index in [0.29, 0.717) is 33.2 Å². The smallest absolute Gasteiger partial charge is 0.349 e. The van der Waals surface area contributed by atoms with Gasteiger partial charge < -0.3 is 14.8 Å². The second kappa shape index (κ2) is 8.25. The number of carbonyl (C=O) groups is 1. The van der Waals surface area contributed by atoms with Gasteiger partial charge >= 0.3 is 5.69 Å². The molecule has 0 unspecified atom stereocenters. The van der Waals surface area contributed by atoms with Crippen molar-refractivity contribution in [2.75, 3.05) is 19.5 Å². The highest BCUT2D eigenvalue weighted by molar-refractivity contribution is 7.18. The van der Waals surface area contributed by atoms with Gasteiger partial charge in [0, 0.05) is 6.07 Å². The normalized spacial score (nSPS) is 10.9. The van der Waals surface area contributed by atoms with Gasteiger partial charge in [-0.05, 0) is 30.5 Å². The molecule has 3 heterocycles. The molecule has 3 aromatic heterocycles. The highest BCUT2D eigenvalue weighted by atomic mass is 32.1. The molecule has 0 saturated carbocycles. The van der Waals surface area contributed by atoms with Crippen LogP contribution in [-0.4, -0.2) is 34.7 Å². The highest BCUT2D eigenvalue weighted by Gasteiger charge is 2.19. The largest absolute Gasteiger partial charge is 0.497 e. The fourth-order valence-corrected chi connectivity index (χ4v) is 4.64. The second-order valence-electron chi connectivity index (χ2n) is 6.31. The highest BCUT2D eigenvalue weighted by Crippen LogP contribution is 2.32. The van der Waals surface area contributed by atoms with Crippen LogP contribution in [0.5, 0.6) is 11.5 Å². The van der Waals surface area contributed by atoms with E-state index in [1.165, 1.54) is 41.5 Å². The summed E-state index contributed by atoms with van der Waals surface area (Å²) < 4.78 is 11.8. The number of benzene rings is 1. The van der Waals surface area contributed by atoms with Crippen molar-refractivity contribution in [1.82, 2.24) is 14.5 Å². The van der Waals surface area contributed by atoms with Gasteiger partial charge in [-0.2, -0.15) is 4.98 Å². The number of aryl methyl sites for hydroxylation is 1. The molecule has 154 valence electrons. The number of hydrogen-bond donors (Lipinski definition) is 1. The molecule has 8 nitrogen and oxygen atoms in total. The summed E-state index contributed by atoms with van der Waals surface area (Å²) in [5, 5.41) is 5.49. The number of amides is 1. The van der Waals surface area contributed by atoms with Crippen LogP contribution >= 0.6 is 22.7 Å². The maximum Gasteiger partial charge on any atom is 0.349 e. The van der Waals surface area contributed by atoms with Crippen molar-refractivity contribution in [2.45, 2.75) is 13.5 Å². The van der Waals surface area contributed by atoms with Gasteiger partial charge in [0.1, 0.15) is 34.1 Å². The minimum atomic E-state index is -0.498. The Hall–Kier alpha value is -3.24. The topological polar surface area (TPSA) is 95.3 Å². The Balaban J connectivity index is 1.70. The van der Waals surface area contributed by atoms with E-state index < -0.39 is 5.69 Å². The Bertz CT molecular complexity index is 1280. The zero-order chi connectivity index (χ0) is 21.3. The molecule has 0 atom stereocenters. The van der Waals surface area contributed by atoms with Gasteiger partial charge in [0.25, 0.3) is 0 Å². The number of nitrogens with one attached hydrogen (secondary N) is 1. The van der Waals surface area contributed by atoms with Gasteiger partial charge in [0.15, 0.2) is 0 Å². The first-order chi connectivity index (χ1) is 14.5. The lowest BCUT2D eigenvalue weighted by Crippen LogP contribution is -2.29. The molecule has 4 rings (SSSR count). The summed E-state index contributed by atoms with van der Waals surface area (Å²) in [5.41, 5.74) is 1.11. The van der Waals surface area contributed by atoms with E-state index in [0.717, 1.165) is 9.88 Å². The Morgan fingerprint density at radius 3 is 2.73 bits per heavy atom. The molecule has 0 aliphatic rings. The predicted octanol–water partition coefficient (Wildman–Crippen LogP) is 3.55. The van der Waals surface area contributed by atoms with Crippen LogP contribution < -0.4 is 20.5 Å². The standard InChI is InChI=1S/C20H18N4O4S2/c1-11-21-18-17(15-5-4-8-29-15)23-20(26)24(19(18)30-11)10-16(25)22-13-9-12(27-2)6-7-14(13)28-3/h4-9H,10H2,1-3H3,(H,22,25). The maximum absolute atomic E-state index is 12.8. The zero-order valence-corrected chi connectivity index (χ0v) is 18.1. The number of methoxy groups -OCH3 is 2. The summed E-state index contributed by atoms with van der Waals surface area (Å²) in [7, 11) is 3.05. The number of rotatable bonds is 6. The first kappa shape index (κ1) is 20.0. The lowest BCUT2D eigenvalue weighted by Gasteiger charge is -2.13. The number of fused-ring (bicyclic) bond motifs is 1. The van der Waals surface area contributed by atoms with E-state index in [2.05, 4.69) is 15.3 Å². The van der Waals surface area contributed by atoms with Crippen molar-refractivity contribution >= 4 is 44.6 Å². The van der Waals surface area contributed by atoms with E-state index in [1.807, 2.05) is 24.4 Å². The molecular weight excluding hydrogens is 424 g/mol. The molecule has 1 aromatic carbocycles. The Kier molecular flexibility index (Phi) is 5.51. The molecule has 0 radical (unpaired) electrons. The summed E-state index contributed by atoms with van der Waals surface area (Å²) in [6.07, 6.45) is 0. The van der Waals surface area contributed by atoms with Crippen LogP contribution in [0.4, 0.5) is 5.69 Å². The molecule has 0 aliphatic heterocycles. The Morgan fingerprint density at radius 1 is 1.20 bits per heavy atom. The summed E-state index contributed by atoms with van der Waals surface area (Å²) in [4.78, 5) is 35.8. The summed E-state index contributed by atoms with van der Waals surface area (Å²) in [5.74, 6) is 0.675. The lowest BCUT2D eigenvalue weighted by molar-refractivity contribution is -0.116. The van der Waals surface area contributed by atoms with Crippen LogP contribution in [0.15, 0.2) is 40.5 Å². The molecule has 0 aliphatic carbocycles. The SMILES string of the molecule is COc1ccc(OC)c(NC(=O)Cn2c(=O)nc(-c3cccs3)c3nc(C)sc32)c1. The average molecular weight is 443 g/mol. The molecule has 0 spiro atoms. The third-order valence-corrected chi connectivity index (χ3v) is 6.23. The Morgan fingerprint density at radius 2 is 2.03 bits per heavy atom. The quantitative estimate of drug-likeness (QED) is 0.491. The number of anilines is 1. The van der Waals surface area contributed by atoms with Crippen LogP contribution in [-0.2, 0) is 11.3 Å². The summed E-state index contributed by atoms with van der Waals surface area (Å²) >= 11 is 2.85. The van der Waals surface area contributed by atoms with Crippen molar-refractivity contribution in [3.8, 4) is 22.1 Å². The molecule has 4 aromatic rings. The minimum absolute atomic E-state index is 0.199. The molecule has 30 heavy (non-hydrogen) atoms. The van der Waals surface area contributed by atoms with Crippen molar-refractivity contribution < 1.29 is 14.3 Å². The van der Waals surface area contributed by atoms with Crippen LogP contribution in [0.25, 0.3) is 20.9 Å². The Labute approximate surface area is 179 Å². The predicted molar refractivity (Wildman–Crippen MR) is 118 cm³/mol. The van der Waals surface area contributed by atoms with E-state index in [1.54, 1.807) is 18.2 Å². The number of thiazole rings is 1. The van der Waals surface area contributed by atoms with E-state index in [4.69, 9.17) is 9.47 Å². The molecule has 0 fully saturated rings. The first-order valence-corrected chi connectivity index (χ1v) is 10.6. The zero-order valence-electron chi connectivity index (χ0n) is 16.5. The summed E-state index contributed by atoms with van der Waals surface area (Å²) in [6.45, 7) is 1.66. The first-order valence-electron chi connectivity index (χ1n) is 8.94. The van der Waals surface area contributed by atoms with Gasteiger partial charge in [-0.1, -0.05) is 6.07 Å². The molecule has 0 saturated heterocycles. The molecular formula is C20H18N4O4S2. The number of hydrogen-bond acceptors (Lipinski definition) is 8. The fraction of sp³-hybridized carbons (Fsp3) is 0.200. The number of carbonyl (C=O) groups excluding carboxylic acids is 1. The van der Waals surface area contributed by atoms with Gasteiger partial charge in [0.05, 0.1) is 29.8 Å². The molecule has 0 bridgehead atoms. The number of aromatic nitrogens is 3. The number of nitrogens with zero attached hydrogens (tertiary/aromatic N) is 3. The fourth-order valence-electron chi connectivity index (χ4n) is 3.02. The van der Waals surface area contributed by atoms with E-state index >= 15 is 0 Å². The van der Waals surface area contributed by atoms with Gasteiger partial charge in [0.2, 0.25) is 5.91 Å². The van der Waals surface area contributed by atoms with Crippen molar-refractivity contribution in [3.05, 3.63) is 51.2 Å². The van der Waals surface area contributed by atoms with Crippen molar-refractivity contribution in [1.29, 1.82) is 0 Å². The van der Waals surface area contributed by atoms with Crippen LogP contribution in [0.1, 0.15) is 5.01 Å². The monoisotopic (exact) mass is 442 g/mol. The van der Waals surface area contributed by atoms with E-state index in [-0.39, 0.29) is 12.5 Å². The molecule has 1 N–H and O–H groups in total. The third-order valence-electron chi connectivity index (χ3n) is 4.36. The number of ether oxygens (including phenoxy) is 2. The molecule has 10 heteroatoms. The van der Waals surface area contributed by atoms with Crippen molar-refractivity contribution in [3.63, 3.8) is 0 Å². The van der Waals surface area contributed by atoms with Gasteiger partial charge in [-0.25, -0.2) is 9.78 Å². The third kappa shape index (κ3) is 3.79. The maximum atomic E-state index is 12.8. The second-order valence-corrected chi connectivity index (χ2v) is 8.44. The summed E-state index contributed by atoms with van der Waals surface area (Å²) in [6, 6.07) is 8.88. The molecule has 1 amide bonds. The van der Waals surface area contributed by atoms with E-state index in [9.17, 15) is 9.59 Å². The van der Waals surface area contributed by atoms with Crippen LogP contribution in [0.3, 0.4) is 0 Å². The van der Waals surface area contributed by atoms with Crippen molar-refractivity contribution in [2.24, 2.45) is 0 Å². The van der Waals surface area contributed by atoms with Crippen LogP contribution in [0, 0.1) is 6.92 Å². The van der Waals surface area contributed by atoms with Gasteiger partial charge in [-0.15, -0.1) is 22.7 Å². The van der Waals surface area contributed by atoms with Gasteiger partial charge in [-0.3, -0.25) is 9.36 Å². The number of thiophene rings is 1. The van der Waals surface area contributed by atoms with Crippen LogP contribution in [0.2, 0.25) is 0 Å². The average Bonchev–Trinajstić information content (AvgIpc) is 3.39. The lowest BCUT2D eigenvalue weighted by atomic mass is 10.2.